The largest absolute Gasteiger partial charge is 0.364 e. The number of nitriles is 1. The average Bonchev–Trinajstić information content (AvgIpc) is 2.45. The third kappa shape index (κ3) is 2.99. The number of hydrogen-bond donors (Lipinski definition) is 1. The van der Waals surface area contributed by atoms with Gasteiger partial charge in [0.15, 0.2) is 0 Å². The quantitative estimate of drug-likeness (QED) is 0.817. The summed E-state index contributed by atoms with van der Waals surface area (Å²) in [4.78, 5) is 4.03. The van der Waals surface area contributed by atoms with Crippen LogP contribution >= 0.6 is 34.8 Å². The maximum absolute atomic E-state index is 9.46. The Morgan fingerprint density at radius 3 is 2.40 bits per heavy atom. The number of nitrogens with zero attached hydrogens (tertiary/aromatic N) is 2. The molecule has 0 bridgehead atoms. The lowest BCUT2D eigenvalue weighted by Gasteiger charge is -2.25. The maximum Gasteiger partial charge on any atom is 0.149 e. The van der Waals surface area contributed by atoms with Crippen LogP contribution in [0.15, 0.2) is 36.7 Å². The molecule has 0 aliphatic carbocycles. The molecule has 0 saturated heterocycles. The fraction of sp³-hybridized carbons (Fsp3) is 0.143. The van der Waals surface area contributed by atoms with Gasteiger partial charge in [-0.2, -0.15) is 5.26 Å². The van der Waals surface area contributed by atoms with Gasteiger partial charge in [-0.1, -0.05) is 40.9 Å². The summed E-state index contributed by atoms with van der Waals surface area (Å²) >= 11 is 17.9. The molecule has 1 aromatic heterocycles. The predicted molar refractivity (Wildman–Crippen MR) is 82.3 cm³/mol. The predicted octanol–water partition coefficient (Wildman–Crippen LogP) is 4.89. The van der Waals surface area contributed by atoms with Crippen LogP contribution < -0.4 is 5.32 Å². The molecule has 2 rings (SSSR count). The lowest BCUT2D eigenvalue weighted by molar-refractivity contribution is 0.702. The number of pyridine rings is 1. The van der Waals surface area contributed by atoms with Gasteiger partial charge in [-0.3, -0.25) is 4.98 Å². The Hall–Kier alpha value is -1.47. The summed E-state index contributed by atoms with van der Waals surface area (Å²) in [6.07, 6.45) is 3.28. The van der Waals surface area contributed by atoms with Crippen LogP contribution in [0, 0.1) is 11.3 Å². The van der Waals surface area contributed by atoms with E-state index in [0.717, 1.165) is 5.56 Å². The summed E-state index contributed by atoms with van der Waals surface area (Å²) < 4.78 is 0. The van der Waals surface area contributed by atoms with E-state index in [4.69, 9.17) is 34.8 Å². The van der Waals surface area contributed by atoms with Crippen LogP contribution in [0.2, 0.25) is 15.1 Å². The smallest absolute Gasteiger partial charge is 0.149 e. The Morgan fingerprint density at radius 1 is 1.25 bits per heavy atom. The third-order valence-corrected chi connectivity index (χ3v) is 4.04. The van der Waals surface area contributed by atoms with E-state index >= 15 is 0 Å². The second kappa shape index (κ2) is 5.88. The first-order valence-corrected chi connectivity index (χ1v) is 6.84. The van der Waals surface area contributed by atoms with E-state index in [2.05, 4.69) is 16.4 Å². The molecule has 20 heavy (non-hydrogen) atoms. The Bertz CT molecular complexity index is 644. The molecule has 0 spiro atoms. The van der Waals surface area contributed by atoms with E-state index in [-0.39, 0.29) is 0 Å². The summed E-state index contributed by atoms with van der Waals surface area (Å²) in [5.74, 6) is 0. The number of hydrogen-bond acceptors (Lipinski definition) is 3. The Balaban J connectivity index is 2.39. The highest BCUT2D eigenvalue weighted by Gasteiger charge is 2.26. The van der Waals surface area contributed by atoms with E-state index in [9.17, 15) is 5.26 Å². The number of aromatic nitrogens is 1. The molecule has 3 nitrogen and oxygen atoms in total. The molecule has 1 unspecified atom stereocenters. The van der Waals surface area contributed by atoms with Crippen LogP contribution in [0.25, 0.3) is 0 Å². The average molecular weight is 327 g/mol. The van der Waals surface area contributed by atoms with Crippen molar-refractivity contribution in [3.63, 3.8) is 0 Å². The van der Waals surface area contributed by atoms with E-state index in [1.165, 1.54) is 0 Å². The first kappa shape index (κ1) is 14.9. The van der Waals surface area contributed by atoms with Gasteiger partial charge in [-0.25, -0.2) is 0 Å². The number of halogens is 3. The van der Waals surface area contributed by atoms with Gasteiger partial charge in [0.1, 0.15) is 5.54 Å². The normalized spacial score (nSPS) is 13.3. The molecule has 102 valence electrons. The van der Waals surface area contributed by atoms with Gasteiger partial charge in [-0.05, 0) is 25.1 Å². The van der Waals surface area contributed by atoms with E-state index < -0.39 is 5.54 Å². The molecule has 2 aromatic rings. The Kier molecular flexibility index (Phi) is 4.39. The minimum Gasteiger partial charge on any atom is -0.364 e. The summed E-state index contributed by atoms with van der Waals surface area (Å²) in [6, 6.07) is 9.07. The van der Waals surface area contributed by atoms with Gasteiger partial charge < -0.3 is 5.32 Å². The highest BCUT2D eigenvalue weighted by Crippen LogP contribution is 2.35. The van der Waals surface area contributed by atoms with Gasteiger partial charge in [0, 0.05) is 23.6 Å². The molecular formula is C14H10Cl3N3. The van der Waals surface area contributed by atoms with E-state index in [0.29, 0.717) is 20.8 Å². The van der Waals surface area contributed by atoms with Crippen molar-refractivity contribution in [2.24, 2.45) is 0 Å². The Labute approximate surface area is 132 Å². The summed E-state index contributed by atoms with van der Waals surface area (Å²) in [5, 5.41) is 13.5. The molecule has 6 heteroatoms. The fourth-order valence-corrected chi connectivity index (χ4v) is 2.34. The lowest BCUT2D eigenvalue weighted by Crippen LogP contribution is -2.30. The first-order chi connectivity index (χ1) is 9.46. The number of benzene rings is 1. The van der Waals surface area contributed by atoms with Crippen LogP contribution in [-0.2, 0) is 5.54 Å². The molecule has 1 aromatic carbocycles. The van der Waals surface area contributed by atoms with Gasteiger partial charge in [0.25, 0.3) is 0 Å². The number of rotatable bonds is 3. The van der Waals surface area contributed by atoms with Crippen molar-refractivity contribution in [1.82, 2.24) is 4.98 Å². The molecule has 0 fully saturated rings. The molecule has 1 heterocycles. The minimum atomic E-state index is -0.950. The zero-order valence-corrected chi connectivity index (χ0v) is 12.8. The van der Waals surface area contributed by atoms with Gasteiger partial charge in [0.2, 0.25) is 0 Å². The van der Waals surface area contributed by atoms with Crippen molar-refractivity contribution in [2.75, 3.05) is 5.32 Å². The van der Waals surface area contributed by atoms with Crippen LogP contribution in [0.4, 0.5) is 5.69 Å². The van der Waals surface area contributed by atoms with Crippen LogP contribution in [0.1, 0.15) is 12.5 Å². The van der Waals surface area contributed by atoms with Crippen molar-refractivity contribution in [3.8, 4) is 6.07 Å². The minimum absolute atomic E-state index is 0.291. The molecule has 0 amide bonds. The zero-order valence-electron chi connectivity index (χ0n) is 10.5. The topological polar surface area (TPSA) is 48.7 Å². The monoisotopic (exact) mass is 325 g/mol. The van der Waals surface area contributed by atoms with Crippen LogP contribution in [0.5, 0.6) is 0 Å². The molecule has 0 radical (unpaired) electrons. The molecule has 0 aliphatic heterocycles. The van der Waals surface area contributed by atoms with E-state index in [1.807, 2.05) is 6.07 Å². The summed E-state index contributed by atoms with van der Waals surface area (Å²) in [5.41, 5.74) is 0.399. The van der Waals surface area contributed by atoms with Crippen molar-refractivity contribution in [3.05, 3.63) is 57.3 Å². The van der Waals surface area contributed by atoms with Crippen molar-refractivity contribution in [2.45, 2.75) is 12.5 Å². The molecule has 1 N–H and O–H groups in total. The van der Waals surface area contributed by atoms with Crippen molar-refractivity contribution >= 4 is 40.5 Å². The van der Waals surface area contributed by atoms with E-state index in [1.54, 1.807) is 37.5 Å². The van der Waals surface area contributed by atoms with Crippen LogP contribution in [-0.4, -0.2) is 4.98 Å². The highest BCUT2D eigenvalue weighted by molar-refractivity contribution is 6.48. The highest BCUT2D eigenvalue weighted by atomic mass is 35.5. The van der Waals surface area contributed by atoms with Crippen LogP contribution in [0.3, 0.4) is 0 Å². The summed E-state index contributed by atoms with van der Waals surface area (Å²) in [7, 11) is 0. The van der Waals surface area contributed by atoms with Crippen molar-refractivity contribution in [1.29, 1.82) is 5.26 Å². The van der Waals surface area contributed by atoms with Gasteiger partial charge >= 0.3 is 0 Å². The number of nitrogens with one attached hydrogen (secondary N) is 1. The first-order valence-electron chi connectivity index (χ1n) is 5.71. The second-order valence-corrected chi connectivity index (χ2v) is 5.55. The van der Waals surface area contributed by atoms with Gasteiger partial charge in [0.05, 0.1) is 21.1 Å². The third-order valence-electron chi connectivity index (χ3n) is 2.84. The molecular weight excluding hydrogens is 317 g/mol. The standard InChI is InChI=1S/C14H10Cl3N3/c1-14(8-18,9-3-2-4-19-7-9)20-10-5-11(15)13(17)12(16)6-10/h2-7,20H,1H3. The SMILES string of the molecule is CC(C#N)(Nc1cc(Cl)c(Cl)c(Cl)c1)c1cccnc1. The molecule has 0 aliphatic rings. The molecule has 1 atom stereocenters. The second-order valence-electron chi connectivity index (χ2n) is 4.36. The number of anilines is 1. The zero-order chi connectivity index (χ0) is 14.8. The summed E-state index contributed by atoms with van der Waals surface area (Å²) in [6.45, 7) is 1.75. The Morgan fingerprint density at radius 2 is 1.90 bits per heavy atom. The maximum atomic E-state index is 9.46. The molecule has 0 saturated carbocycles. The fourth-order valence-electron chi connectivity index (χ4n) is 1.74. The van der Waals surface area contributed by atoms with Crippen molar-refractivity contribution < 1.29 is 0 Å². The lowest BCUT2D eigenvalue weighted by atomic mass is 9.95. The van der Waals surface area contributed by atoms with Gasteiger partial charge in [-0.15, -0.1) is 0 Å².